The second kappa shape index (κ2) is 23.6. The van der Waals surface area contributed by atoms with Gasteiger partial charge in [-0.1, -0.05) is 84.0 Å². The van der Waals surface area contributed by atoms with Crippen molar-refractivity contribution in [3.8, 4) is 0 Å². The van der Waals surface area contributed by atoms with Crippen molar-refractivity contribution in [3.05, 3.63) is 0 Å². The Hall–Kier alpha value is -1.48. The number of carbonyl (C=O) groups excluding carboxylic acids is 3. The maximum Gasteiger partial charge on any atom is 0.469 e. The Bertz CT molecular complexity index is 654. The molecule has 0 aromatic heterocycles. The minimum Gasteiger partial charge on any atom is -0.462 e. The van der Waals surface area contributed by atoms with Crippen molar-refractivity contribution in [2.75, 3.05) is 19.8 Å². The molecule has 0 heterocycles. The van der Waals surface area contributed by atoms with E-state index in [0.29, 0.717) is 19.4 Å². The van der Waals surface area contributed by atoms with E-state index in [4.69, 9.17) is 19.3 Å². The van der Waals surface area contributed by atoms with E-state index in [1.54, 1.807) is 0 Å². The van der Waals surface area contributed by atoms with Crippen LogP contribution in [-0.2, 0) is 32.9 Å². The smallest absolute Gasteiger partial charge is 0.462 e. The number of hydrogen-bond donors (Lipinski definition) is 3. The van der Waals surface area contributed by atoms with Crippen molar-refractivity contribution in [3.63, 3.8) is 0 Å². The molecule has 218 valence electrons. The summed E-state index contributed by atoms with van der Waals surface area (Å²) in [6.07, 6.45) is 14.7. The number of esters is 2. The van der Waals surface area contributed by atoms with Gasteiger partial charge in [0.05, 0.1) is 6.61 Å². The van der Waals surface area contributed by atoms with Crippen molar-refractivity contribution in [1.82, 2.24) is 5.32 Å². The Labute approximate surface area is 222 Å². The van der Waals surface area contributed by atoms with Crippen LogP contribution in [0, 0.1) is 0 Å². The van der Waals surface area contributed by atoms with E-state index < -0.39 is 32.5 Å². The monoisotopic (exact) mass is 551 g/mol. The molecule has 0 aromatic rings. The van der Waals surface area contributed by atoms with Gasteiger partial charge in [0.15, 0.2) is 6.10 Å². The Balaban J connectivity index is 4.07. The number of carbonyl (C=O) groups is 3. The summed E-state index contributed by atoms with van der Waals surface area (Å²) in [7, 11) is -4.75. The van der Waals surface area contributed by atoms with Crippen LogP contribution in [0.5, 0.6) is 0 Å². The lowest BCUT2D eigenvalue weighted by molar-refractivity contribution is -0.161. The van der Waals surface area contributed by atoms with E-state index >= 15 is 0 Å². The molecule has 0 aliphatic heterocycles. The third kappa shape index (κ3) is 27.4. The minimum absolute atomic E-state index is 0.00973. The lowest BCUT2D eigenvalue weighted by Crippen LogP contribution is -2.29. The summed E-state index contributed by atoms with van der Waals surface area (Å²) >= 11 is 0. The Morgan fingerprint density at radius 2 is 1.22 bits per heavy atom. The average Bonchev–Trinajstić information content (AvgIpc) is 2.82. The van der Waals surface area contributed by atoms with Gasteiger partial charge in [-0.2, -0.15) is 0 Å². The molecule has 0 bridgehead atoms. The molecule has 0 unspecified atom stereocenters. The molecule has 0 aromatic carbocycles. The van der Waals surface area contributed by atoms with Crippen LogP contribution in [0.3, 0.4) is 0 Å². The first-order valence-electron chi connectivity index (χ1n) is 13.9. The highest BCUT2D eigenvalue weighted by atomic mass is 31.2. The largest absolute Gasteiger partial charge is 0.469 e. The Morgan fingerprint density at radius 3 is 1.73 bits per heavy atom. The van der Waals surface area contributed by atoms with Crippen molar-refractivity contribution < 1.29 is 42.7 Å². The first-order valence-corrected chi connectivity index (χ1v) is 15.5. The van der Waals surface area contributed by atoms with E-state index in [1.165, 1.54) is 32.6 Å². The molecule has 0 fully saturated rings. The molecule has 1 amide bonds. The summed E-state index contributed by atoms with van der Waals surface area (Å²) in [5.74, 6) is -0.960. The Morgan fingerprint density at radius 1 is 0.730 bits per heavy atom. The van der Waals surface area contributed by atoms with Crippen LogP contribution in [0.4, 0.5) is 0 Å². The van der Waals surface area contributed by atoms with Gasteiger partial charge >= 0.3 is 19.8 Å². The molecule has 37 heavy (non-hydrogen) atoms. The van der Waals surface area contributed by atoms with Gasteiger partial charge in [0.2, 0.25) is 5.91 Å². The fourth-order valence-electron chi connectivity index (χ4n) is 3.75. The third-order valence-corrected chi connectivity index (χ3v) is 6.31. The molecule has 10 nitrogen and oxygen atoms in total. The molecule has 0 saturated heterocycles. The van der Waals surface area contributed by atoms with Crippen LogP contribution in [0.1, 0.15) is 123 Å². The van der Waals surface area contributed by atoms with Crippen molar-refractivity contribution in [2.24, 2.45) is 0 Å². The zero-order valence-electron chi connectivity index (χ0n) is 22.9. The van der Waals surface area contributed by atoms with Gasteiger partial charge in [-0.25, -0.2) is 4.57 Å². The molecule has 0 spiro atoms. The summed E-state index contributed by atoms with van der Waals surface area (Å²) < 4.78 is 25.9. The minimum atomic E-state index is -4.75. The second-order valence-corrected chi connectivity index (χ2v) is 10.8. The number of rotatable bonds is 25. The maximum absolute atomic E-state index is 12.2. The van der Waals surface area contributed by atoms with Crippen molar-refractivity contribution in [1.29, 1.82) is 0 Å². The highest BCUT2D eigenvalue weighted by molar-refractivity contribution is 7.46. The molecule has 0 aliphatic carbocycles. The lowest BCUT2D eigenvalue weighted by Gasteiger charge is -2.18. The molecule has 1 atom stereocenters. The summed E-state index contributed by atoms with van der Waals surface area (Å²) in [5.41, 5.74) is 0. The van der Waals surface area contributed by atoms with E-state index in [9.17, 15) is 18.9 Å². The summed E-state index contributed by atoms with van der Waals surface area (Å²) in [6.45, 7) is 3.52. The van der Waals surface area contributed by atoms with Crippen molar-refractivity contribution >= 4 is 25.7 Å². The van der Waals surface area contributed by atoms with Crippen LogP contribution in [0.15, 0.2) is 0 Å². The standard InChI is InChI=1S/C26H50NO9P/c1-3-4-5-6-7-9-13-16-19-26(30)36-24(22-35-37(31,32)33)21-34-25(29)18-15-12-10-8-11-14-17-20-27-23(2)28/h24H,3-22H2,1-2H3,(H,27,28)(H2,31,32,33)/t24-/m1/s1. The van der Waals surface area contributed by atoms with Crippen LogP contribution < -0.4 is 5.32 Å². The molecule has 0 rings (SSSR count). The van der Waals surface area contributed by atoms with Gasteiger partial charge in [0.1, 0.15) is 6.61 Å². The number of ether oxygens (including phenoxy) is 2. The van der Waals surface area contributed by atoms with Gasteiger partial charge in [-0.15, -0.1) is 0 Å². The van der Waals surface area contributed by atoms with Crippen LogP contribution in [0.2, 0.25) is 0 Å². The first-order chi connectivity index (χ1) is 17.6. The third-order valence-electron chi connectivity index (χ3n) is 5.82. The van der Waals surface area contributed by atoms with E-state index in [-0.39, 0.29) is 25.4 Å². The fraction of sp³-hybridized carbons (Fsp3) is 0.885. The molecular formula is C26H50NO9P. The quantitative estimate of drug-likeness (QED) is 0.0776. The predicted molar refractivity (Wildman–Crippen MR) is 142 cm³/mol. The molecule has 0 radical (unpaired) electrons. The van der Waals surface area contributed by atoms with Gasteiger partial charge in [0, 0.05) is 26.3 Å². The van der Waals surface area contributed by atoms with Crippen molar-refractivity contribution in [2.45, 2.75) is 129 Å². The zero-order valence-corrected chi connectivity index (χ0v) is 23.8. The predicted octanol–water partition coefficient (Wildman–Crippen LogP) is 5.34. The second-order valence-electron chi connectivity index (χ2n) is 9.51. The van der Waals surface area contributed by atoms with Gasteiger partial charge in [-0.3, -0.25) is 18.9 Å². The van der Waals surface area contributed by atoms with Crippen LogP contribution >= 0.6 is 7.82 Å². The topological polar surface area (TPSA) is 148 Å². The number of phosphoric ester groups is 1. The van der Waals surface area contributed by atoms with E-state index in [0.717, 1.165) is 57.8 Å². The van der Waals surface area contributed by atoms with Gasteiger partial charge in [-0.05, 0) is 19.3 Å². The first kappa shape index (κ1) is 35.5. The lowest BCUT2D eigenvalue weighted by atomic mass is 10.1. The number of nitrogens with one attached hydrogen (secondary N) is 1. The zero-order chi connectivity index (χ0) is 27.8. The summed E-state index contributed by atoms with van der Waals surface area (Å²) in [4.78, 5) is 52.9. The number of phosphoric acid groups is 1. The molecule has 3 N–H and O–H groups in total. The Kier molecular flexibility index (Phi) is 22.7. The highest BCUT2D eigenvalue weighted by Gasteiger charge is 2.22. The van der Waals surface area contributed by atoms with Crippen LogP contribution in [-0.4, -0.2) is 53.5 Å². The molecule has 0 saturated carbocycles. The van der Waals surface area contributed by atoms with Gasteiger partial charge < -0.3 is 24.6 Å². The van der Waals surface area contributed by atoms with Gasteiger partial charge in [0.25, 0.3) is 0 Å². The van der Waals surface area contributed by atoms with E-state index in [2.05, 4.69) is 16.8 Å². The molecule has 0 aliphatic rings. The van der Waals surface area contributed by atoms with E-state index in [1.807, 2.05) is 0 Å². The number of hydrogen-bond acceptors (Lipinski definition) is 7. The molecule has 11 heteroatoms. The van der Waals surface area contributed by atoms with Crippen LogP contribution in [0.25, 0.3) is 0 Å². The average molecular weight is 552 g/mol. The molecular weight excluding hydrogens is 501 g/mol. The summed E-state index contributed by atoms with van der Waals surface area (Å²) in [5, 5.41) is 2.77. The summed E-state index contributed by atoms with van der Waals surface area (Å²) in [6, 6.07) is 0. The normalized spacial score (nSPS) is 12.2. The maximum atomic E-state index is 12.2. The number of unbranched alkanes of at least 4 members (excludes halogenated alkanes) is 13. The SMILES string of the molecule is CCCCCCCCCCC(=O)O[C@H](COC(=O)CCCCCCCCCNC(C)=O)COP(=O)(O)O. The fourth-order valence-corrected chi connectivity index (χ4v) is 4.11. The number of amides is 1. The highest BCUT2D eigenvalue weighted by Crippen LogP contribution is 2.35.